The standard InChI is InChI=1S/C32H36N6O3/c1-3-36(24-10-11-29-23(16-24)13-15-37(29)32(41)33-2)27-12-14-34-30(19-27)35-31(40)22-6-4-21(5-7-22)20-38-25-8-9-26(38)18-28(39)17-25/h4-7,10-16,19,25-26,28,39H,3,8-9,17-18,20H2,1-2H3,(H,33,41)(H,34,35,40). The number of rotatable bonds is 7. The van der Waals surface area contributed by atoms with Gasteiger partial charge in [-0.25, -0.2) is 9.78 Å². The lowest BCUT2D eigenvalue weighted by atomic mass is 9.99. The molecule has 0 saturated carbocycles. The van der Waals surface area contributed by atoms with E-state index in [0.717, 1.165) is 54.5 Å². The zero-order valence-corrected chi connectivity index (χ0v) is 23.5. The lowest BCUT2D eigenvalue weighted by Crippen LogP contribution is -2.44. The quantitative estimate of drug-likeness (QED) is 0.294. The maximum Gasteiger partial charge on any atom is 0.325 e. The number of aliphatic hydroxyl groups excluding tert-OH is 1. The van der Waals surface area contributed by atoms with Gasteiger partial charge in [0, 0.05) is 73.0 Å². The van der Waals surface area contributed by atoms with Gasteiger partial charge in [-0.15, -0.1) is 0 Å². The second-order valence-corrected chi connectivity index (χ2v) is 11.0. The Balaban J connectivity index is 1.14. The number of carbonyl (C=O) groups excluding carboxylic acids is 2. The number of hydrogen-bond acceptors (Lipinski definition) is 6. The Morgan fingerprint density at radius 3 is 2.44 bits per heavy atom. The monoisotopic (exact) mass is 552 g/mol. The number of fused-ring (bicyclic) bond motifs is 3. The summed E-state index contributed by atoms with van der Waals surface area (Å²) in [6, 6.07) is 20.2. The van der Waals surface area contributed by atoms with Crippen LogP contribution >= 0.6 is 0 Å². The van der Waals surface area contributed by atoms with E-state index in [1.165, 1.54) is 5.56 Å². The number of hydrogen-bond donors (Lipinski definition) is 3. The fraction of sp³-hybridized carbons (Fsp3) is 0.344. The van der Waals surface area contributed by atoms with Crippen LogP contribution in [0.2, 0.25) is 0 Å². The van der Waals surface area contributed by atoms with Crippen LogP contribution in [0.3, 0.4) is 0 Å². The smallest absolute Gasteiger partial charge is 0.325 e. The van der Waals surface area contributed by atoms with Gasteiger partial charge in [-0.3, -0.25) is 14.3 Å². The maximum atomic E-state index is 13.1. The van der Waals surface area contributed by atoms with Crippen molar-refractivity contribution in [2.24, 2.45) is 0 Å². The summed E-state index contributed by atoms with van der Waals surface area (Å²) in [7, 11) is 1.61. The van der Waals surface area contributed by atoms with E-state index in [1.54, 1.807) is 24.0 Å². The molecule has 2 unspecified atom stereocenters. The number of aromatic nitrogens is 2. The summed E-state index contributed by atoms with van der Waals surface area (Å²) in [6.45, 7) is 3.62. The maximum absolute atomic E-state index is 13.1. The number of benzene rings is 2. The molecule has 9 heteroatoms. The highest BCUT2D eigenvalue weighted by atomic mass is 16.3. The predicted molar refractivity (Wildman–Crippen MR) is 161 cm³/mol. The van der Waals surface area contributed by atoms with E-state index in [-0.39, 0.29) is 18.0 Å². The fourth-order valence-corrected chi connectivity index (χ4v) is 6.43. The predicted octanol–water partition coefficient (Wildman–Crippen LogP) is 5.12. The lowest BCUT2D eigenvalue weighted by molar-refractivity contribution is 0.0310. The Morgan fingerprint density at radius 1 is 1.00 bits per heavy atom. The van der Waals surface area contributed by atoms with Gasteiger partial charge in [0.05, 0.1) is 11.6 Å². The van der Waals surface area contributed by atoms with Crippen molar-refractivity contribution in [1.29, 1.82) is 0 Å². The van der Waals surface area contributed by atoms with Crippen LogP contribution in [0.25, 0.3) is 10.9 Å². The topological polar surface area (TPSA) is 103 Å². The molecular formula is C32H36N6O3. The molecule has 2 aromatic heterocycles. The Morgan fingerprint density at radius 2 is 1.73 bits per heavy atom. The van der Waals surface area contributed by atoms with Crippen molar-refractivity contribution in [1.82, 2.24) is 19.8 Å². The molecule has 2 aliphatic heterocycles. The van der Waals surface area contributed by atoms with E-state index >= 15 is 0 Å². The van der Waals surface area contributed by atoms with Gasteiger partial charge < -0.3 is 20.6 Å². The van der Waals surface area contributed by atoms with Crippen molar-refractivity contribution in [2.45, 2.75) is 57.3 Å². The first-order valence-electron chi connectivity index (χ1n) is 14.3. The van der Waals surface area contributed by atoms with E-state index in [2.05, 4.69) is 38.4 Å². The van der Waals surface area contributed by atoms with Crippen molar-refractivity contribution in [3.63, 3.8) is 0 Å². The third-order valence-electron chi connectivity index (χ3n) is 8.47. The summed E-state index contributed by atoms with van der Waals surface area (Å²) in [6.07, 6.45) is 7.32. The molecule has 41 heavy (non-hydrogen) atoms. The minimum absolute atomic E-state index is 0.168. The molecule has 9 nitrogen and oxygen atoms in total. The molecule has 2 amide bonds. The molecule has 212 valence electrons. The zero-order chi connectivity index (χ0) is 28.5. The van der Waals surface area contributed by atoms with Crippen molar-refractivity contribution < 1.29 is 14.7 Å². The molecule has 2 bridgehead atoms. The number of nitrogens with one attached hydrogen (secondary N) is 2. The second-order valence-electron chi connectivity index (χ2n) is 11.0. The molecule has 2 aliphatic rings. The molecule has 0 aliphatic carbocycles. The van der Waals surface area contributed by atoms with Gasteiger partial charge in [0.2, 0.25) is 0 Å². The third-order valence-corrected chi connectivity index (χ3v) is 8.47. The summed E-state index contributed by atoms with van der Waals surface area (Å²) in [5.74, 6) is 0.271. The second kappa shape index (κ2) is 11.3. The molecule has 6 rings (SSSR count). The van der Waals surface area contributed by atoms with Crippen LogP contribution in [-0.4, -0.2) is 63.3 Å². The van der Waals surface area contributed by atoms with Crippen molar-refractivity contribution >= 4 is 40.0 Å². The van der Waals surface area contributed by atoms with E-state index in [4.69, 9.17) is 0 Å². The van der Waals surface area contributed by atoms with Crippen LogP contribution in [0.1, 0.15) is 48.5 Å². The number of pyridine rings is 1. The Bertz CT molecular complexity index is 1550. The van der Waals surface area contributed by atoms with Crippen LogP contribution < -0.4 is 15.5 Å². The van der Waals surface area contributed by atoms with Crippen molar-refractivity contribution in [2.75, 3.05) is 23.8 Å². The minimum atomic E-state index is -0.206. The Labute approximate surface area is 239 Å². The normalized spacial score (nSPS) is 20.2. The molecule has 0 spiro atoms. The number of nitrogens with zero attached hydrogens (tertiary/aromatic N) is 4. The van der Waals surface area contributed by atoms with Crippen LogP contribution in [0, 0.1) is 0 Å². The Hall–Kier alpha value is -4.21. The summed E-state index contributed by atoms with van der Waals surface area (Å²) < 4.78 is 1.59. The minimum Gasteiger partial charge on any atom is -0.393 e. The van der Waals surface area contributed by atoms with Gasteiger partial charge in [0.1, 0.15) is 5.82 Å². The van der Waals surface area contributed by atoms with E-state index in [1.807, 2.05) is 54.6 Å². The highest BCUT2D eigenvalue weighted by Gasteiger charge is 2.39. The summed E-state index contributed by atoms with van der Waals surface area (Å²) in [5.41, 5.74) is 4.47. The molecule has 2 atom stereocenters. The molecular weight excluding hydrogens is 516 g/mol. The van der Waals surface area contributed by atoms with Crippen LogP contribution in [0.4, 0.5) is 22.0 Å². The van der Waals surface area contributed by atoms with Gasteiger partial charge in [0.15, 0.2) is 0 Å². The molecule has 4 heterocycles. The van der Waals surface area contributed by atoms with Gasteiger partial charge >= 0.3 is 6.03 Å². The number of carbonyl (C=O) groups is 2. The van der Waals surface area contributed by atoms with Crippen LogP contribution in [-0.2, 0) is 6.54 Å². The summed E-state index contributed by atoms with van der Waals surface area (Å²) >= 11 is 0. The third kappa shape index (κ3) is 5.42. The SMILES string of the molecule is CCN(c1ccnc(NC(=O)c2ccc(CN3C4CCC3CC(O)C4)cc2)c1)c1ccc2c(ccn2C(=O)NC)c1. The number of piperidine rings is 1. The highest BCUT2D eigenvalue weighted by molar-refractivity contribution is 6.04. The first kappa shape index (κ1) is 27.0. The van der Waals surface area contributed by atoms with Crippen molar-refractivity contribution in [3.05, 3.63) is 84.2 Å². The fourth-order valence-electron chi connectivity index (χ4n) is 6.43. The van der Waals surface area contributed by atoms with E-state index in [9.17, 15) is 14.7 Å². The number of anilines is 3. The first-order chi connectivity index (χ1) is 19.9. The number of aliphatic hydroxyl groups is 1. The van der Waals surface area contributed by atoms with Gasteiger partial charge in [-0.1, -0.05) is 12.1 Å². The first-order valence-corrected chi connectivity index (χ1v) is 14.3. The molecule has 2 saturated heterocycles. The van der Waals surface area contributed by atoms with E-state index < -0.39 is 0 Å². The molecule has 4 aromatic rings. The van der Waals surface area contributed by atoms with Crippen molar-refractivity contribution in [3.8, 4) is 0 Å². The molecule has 2 aromatic carbocycles. The zero-order valence-electron chi connectivity index (χ0n) is 23.5. The average Bonchev–Trinajstić information content (AvgIpc) is 3.50. The average molecular weight is 553 g/mol. The van der Waals surface area contributed by atoms with Gasteiger partial charge in [-0.05, 0) is 80.6 Å². The largest absolute Gasteiger partial charge is 0.393 e. The Kier molecular flexibility index (Phi) is 7.47. The molecule has 3 N–H and O–H groups in total. The van der Waals surface area contributed by atoms with Gasteiger partial charge in [-0.2, -0.15) is 0 Å². The number of amides is 2. The summed E-state index contributed by atoms with van der Waals surface area (Å²) in [4.78, 5) is 34.3. The van der Waals surface area contributed by atoms with Crippen LogP contribution in [0.15, 0.2) is 73.1 Å². The van der Waals surface area contributed by atoms with E-state index in [0.29, 0.717) is 30.0 Å². The molecule has 2 fully saturated rings. The molecule has 0 radical (unpaired) electrons. The van der Waals surface area contributed by atoms with Crippen LogP contribution in [0.5, 0.6) is 0 Å². The lowest BCUT2D eigenvalue weighted by Gasteiger charge is -2.37. The highest BCUT2D eigenvalue weighted by Crippen LogP contribution is 2.37. The summed E-state index contributed by atoms with van der Waals surface area (Å²) in [5, 5.41) is 16.6. The van der Waals surface area contributed by atoms with Gasteiger partial charge in [0.25, 0.3) is 5.91 Å².